The number of rotatable bonds is 2. The predicted molar refractivity (Wildman–Crippen MR) is 80.3 cm³/mol. The molecule has 3 rings (SSSR count). The molecule has 0 radical (unpaired) electrons. The SMILES string of the molecule is O=C(c1cccnc1)N1CCN(C(=O)c2ccccn2)CC1. The van der Waals surface area contributed by atoms with Gasteiger partial charge in [0.15, 0.2) is 0 Å². The zero-order chi connectivity index (χ0) is 15.4. The summed E-state index contributed by atoms with van der Waals surface area (Å²) in [4.78, 5) is 36.1. The van der Waals surface area contributed by atoms with E-state index in [1.807, 2.05) is 0 Å². The highest BCUT2D eigenvalue weighted by atomic mass is 16.2. The second-order valence-electron chi connectivity index (χ2n) is 5.04. The number of hydrogen-bond donors (Lipinski definition) is 0. The summed E-state index contributed by atoms with van der Waals surface area (Å²) in [5, 5.41) is 0. The van der Waals surface area contributed by atoms with Gasteiger partial charge in [0.2, 0.25) is 0 Å². The quantitative estimate of drug-likeness (QED) is 0.831. The van der Waals surface area contributed by atoms with Crippen molar-refractivity contribution in [2.24, 2.45) is 0 Å². The van der Waals surface area contributed by atoms with E-state index in [1.54, 1.807) is 58.7 Å². The molecule has 0 saturated carbocycles. The van der Waals surface area contributed by atoms with Gasteiger partial charge in [-0.2, -0.15) is 0 Å². The van der Waals surface area contributed by atoms with Crippen LogP contribution in [0, 0.1) is 0 Å². The third-order valence-corrected chi connectivity index (χ3v) is 3.65. The van der Waals surface area contributed by atoms with E-state index in [2.05, 4.69) is 9.97 Å². The Bertz CT molecular complexity index is 593. The van der Waals surface area contributed by atoms with Crippen molar-refractivity contribution >= 4 is 11.8 Å². The normalized spacial score (nSPS) is 14.7. The van der Waals surface area contributed by atoms with Gasteiger partial charge >= 0.3 is 0 Å². The smallest absolute Gasteiger partial charge is 0.272 e. The van der Waals surface area contributed by atoms with E-state index in [9.17, 15) is 9.59 Å². The minimum atomic E-state index is -0.0888. The Morgan fingerprint density at radius 3 is 2.18 bits per heavy atom. The van der Waals surface area contributed by atoms with E-state index in [4.69, 9.17) is 0 Å². The predicted octanol–water partition coefficient (Wildman–Crippen LogP) is 1.07. The Morgan fingerprint density at radius 1 is 0.864 bits per heavy atom. The fourth-order valence-electron chi connectivity index (χ4n) is 2.44. The van der Waals surface area contributed by atoms with Gasteiger partial charge in [-0.15, -0.1) is 0 Å². The first-order valence-electron chi connectivity index (χ1n) is 7.15. The van der Waals surface area contributed by atoms with Crippen LogP contribution in [-0.4, -0.2) is 57.8 Å². The summed E-state index contributed by atoms with van der Waals surface area (Å²) in [6, 6.07) is 8.77. The lowest BCUT2D eigenvalue weighted by atomic mass is 10.2. The molecule has 22 heavy (non-hydrogen) atoms. The number of pyridine rings is 2. The minimum absolute atomic E-state index is 0.0435. The van der Waals surface area contributed by atoms with Crippen LogP contribution in [0.25, 0.3) is 0 Å². The highest BCUT2D eigenvalue weighted by Crippen LogP contribution is 2.10. The van der Waals surface area contributed by atoms with Gasteiger partial charge in [0.05, 0.1) is 5.56 Å². The van der Waals surface area contributed by atoms with Crippen molar-refractivity contribution in [3.8, 4) is 0 Å². The lowest BCUT2D eigenvalue weighted by Crippen LogP contribution is -2.50. The van der Waals surface area contributed by atoms with Gasteiger partial charge in [0.1, 0.15) is 5.69 Å². The topological polar surface area (TPSA) is 66.4 Å². The molecule has 112 valence electrons. The van der Waals surface area contributed by atoms with Crippen molar-refractivity contribution in [1.29, 1.82) is 0 Å². The standard InChI is InChI=1S/C16H16N4O2/c21-15(13-4-3-6-17-12-13)19-8-10-20(11-9-19)16(22)14-5-1-2-7-18-14/h1-7,12H,8-11H2. The van der Waals surface area contributed by atoms with E-state index in [-0.39, 0.29) is 11.8 Å². The average molecular weight is 296 g/mol. The van der Waals surface area contributed by atoms with Crippen molar-refractivity contribution < 1.29 is 9.59 Å². The number of amides is 2. The van der Waals surface area contributed by atoms with Crippen LogP contribution < -0.4 is 0 Å². The van der Waals surface area contributed by atoms with Gasteiger partial charge in [-0.05, 0) is 24.3 Å². The largest absolute Gasteiger partial charge is 0.335 e. The summed E-state index contributed by atoms with van der Waals surface area (Å²) < 4.78 is 0. The van der Waals surface area contributed by atoms with Gasteiger partial charge < -0.3 is 9.80 Å². The molecule has 0 bridgehead atoms. The summed E-state index contributed by atoms with van der Waals surface area (Å²) in [5.74, 6) is -0.132. The van der Waals surface area contributed by atoms with Crippen LogP contribution in [-0.2, 0) is 0 Å². The number of carbonyl (C=O) groups excluding carboxylic acids is 2. The molecule has 2 aromatic heterocycles. The average Bonchev–Trinajstić information content (AvgIpc) is 2.62. The number of aromatic nitrogens is 2. The van der Waals surface area contributed by atoms with Gasteiger partial charge in [0.25, 0.3) is 11.8 Å². The second-order valence-corrected chi connectivity index (χ2v) is 5.04. The van der Waals surface area contributed by atoms with Crippen LogP contribution in [0.2, 0.25) is 0 Å². The molecule has 1 saturated heterocycles. The van der Waals surface area contributed by atoms with Gasteiger partial charge in [0, 0.05) is 44.8 Å². The summed E-state index contributed by atoms with van der Waals surface area (Å²) in [5.41, 5.74) is 1.02. The fraction of sp³-hybridized carbons (Fsp3) is 0.250. The summed E-state index contributed by atoms with van der Waals surface area (Å²) in [6.07, 6.45) is 4.81. The molecule has 0 unspecified atom stereocenters. The molecule has 6 nitrogen and oxygen atoms in total. The summed E-state index contributed by atoms with van der Waals surface area (Å²) >= 11 is 0. The zero-order valence-corrected chi connectivity index (χ0v) is 12.1. The van der Waals surface area contributed by atoms with E-state index in [1.165, 1.54) is 0 Å². The van der Waals surface area contributed by atoms with Crippen LogP contribution in [0.15, 0.2) is 48.9 Å². The van der Waals surface area contributed by atoms with Crippen molar-refractivity contribution in [2.75, 3.05) is 26.2 Å². The molecule has 0 spiro atoms. The molecule has 1 fully saturated rings. The van der Waals surface area contributed by atoms with Crippen molar-refractivity contribution in [3.05, 3.63) is 60.2 Å². The Morgan fingerprint density at radius 2 is 1.59 bits per heavy atom. The first-order chi connectivity index (χ1) is 10.8. The van der Waals surface area contributed by atoms with Crippen LogP contribution in [0.5, 0.6) is 0 Å². The molecule has 2 aromatic rings. The first-order valence-corrected chi connectivity index (χ1v) is 7.15. The maximum Gasteiger partial charge on any atom is 0.272 e. The van der Waals surface area contributed by atoms with Crippen molar-refractivity contribution in [1.82, 2.24) is 19.8 Å². The molecule has 3 heterocycles. The van der Waals surface area contributed by atoms with Crippen LogP contribution in [0.4, 0.5) is 0 Å². The number of hydrogen-bond acceptors (Lipinski definition) is 4. The monoisotopic (exact) mass is 296 g/mol. The number of carbonyl (C=O) groups is 2. The third-order valence-electron chi connectivity index (χ3n) is 3.65. The third kappa shape index (κ3) is 2.95. The number of piperazine rings is 1. The summed E-state index contributed by atoms with van der Waals surface area (Å²) in [7, 11) is 0. The van der Waals surface area contributed by atoms with E-state index in [0.29, 0.717) is 37.4 Å². The zero-order valence-electron chi connectivity index (χ0n) is 12.1. The molecule has 0 aromatic carbocycles. The first kappa shape index (κ1) is 14.2. The fourth-order valence-corrected chi connectivity index (χ4v) is 2.44. The Kier molecular flexibility index (Phi) is 4.09. The Hall–Kier alpha value is -2.76. The van der Waals surface area contributed by atoms with Crippen molar-refractivity contribution in [3.63, 3.8) is 0 Å². The van der Waals surface area contributed by atoms with Crippen LogP contribution in [0.3, 0.4) is 0 Å². The molecule has 1 aliphatic rings. The molecule has 0 aliphatic carbocycles. The molecule has 1 aliphatic heterocycles. The van der Waals surface area contributed by atoms with Crippen LogP contribution >= 0.6 is 0 Å². The maximum absolute atomic E-state index is 12.3. The van der Waals surface area contributed by atoms with E-state index in [0.717, 1.165) is 0 Å². The van der Waals surface area contributed by atoms with E-state index >= 15 is 0 Å². The lowest BCUT2D eigenvalue weighted by Gasteiger charge is -2.34. The van der Waals surface area contributed by atoms with Crippen LogP contribution in [0.1, 0.15) is 20.8 Å². The Labute approximate surface area is 128 Å². The molecular formula is C16H16N4O2. The highest BCUT2D eigenvalue weighted by molar-refractivity contribution is 5.95. The molecule has 0 atom stereocenters. The second kappa shape index (κ2) is 6.34. The van der Waals surface area contributed by atoms with E-state index < -0.39 is 0 Å². The van der Waals surface area contributed by atoms with Gasteiger partial charge in [-0.25, -0.2) is 0 Å². The highest BCUT2D eigenvalue weighted by Gasteiger charge is 2.25. The van der Waals surface area contributed by atoms with Crippen molar-refractivity contribution in [2.45, 2.75) is 0 Å². The molecule has 0 N–H and O–H groups in total. The number of nitrogens with zero attached hydrogens (tertiary/aromatic N) is 4. The lowest BCUT2D eigenvalue weighted by molar-refractivity contribution is 0.0532. The molecule has 6 heteroatoms. The molecule has 2 amide bonds. The molecular weight excluding hydrogens is 280 g/mol. The minimum Gasteiger partial charge on any atom is -0.335 e. The summed E-state index contributed by atoms with van der Waals surface area (Å²) in [6.45, 7) is 2.07. The van der Waals surface area contributed by atoms with Gasteiger partial charge in [-0.3, -0.25) is 19.6 Å². The maximum atomic E-state index is 12.3. The van der Waals surface area contributed by atoms with Gasteiger partial charge in [-0.1, -0.05) is 6.07 Å². The Balaban J connectivity index is 1.61.